The van der Waals surface area contributed by atoms with Crippen molar-refractivity contribution in [2.24, 2.45) is 7.05 Å². The van der Waals surface area contributed by atoms with Crippen LogP contribution in [0.2, 0.25) is 0 Å². The highest BCUT2D eigenvalue weighted by Crippen LogP contribution is 2.18. The SMILES string of the molecule is Cn1ccnc1COc1cnc2ccccc2c1. The van der Waals surface area contributed by atoms with Crippen molar-refractivity contribution in [1.29, 1.82) is 0 Å². The largest absolute Gasteiger partial charge is 0.484 e. The fourth-order valence-corrected chi connectivity index (χ4v) is 1.81. The molecule has 0 N–H and O–H groups in total. The predicted octanol–water partition coefficient (Wildman–Crippen LogP) is 2.55. The molecule has 2 heterocycles. The molecule has 0 aliphatic heterocycles. The molecule has 0 saturated carbocycles. The van der Waals surface area contributed by atoms with Crippen LogP contribution in [-0.4, -0.2) is 14.5 Å². The third-order valence-corrected chi connectivity index (χ3v) is 2.85. The Labute approximate surface area is 105 Å². The number of nitrogens with zero attached hydrogens (tertiary/aromatic N) is 3. The lowest BCUT2D eigenvalue weighted by molar-refractivity contribution is 0.291. The van der Waals surface area contributed by atoms with E-state index >= 15 is 0 Å². The number of hydrogen-bond acceptors (Lipinski definition) is 3. The van der Waals surface area contributed by atoms with Gasteiger partial charge in [-0.1, -0.05) is 18.2 Å². The van der Waals surface area contributed by atoms with Gasteiger partial charge in [0.2, 0.25) is 0 Å². The van der Waals surface area contributed by atoms with Gasteiger partial charge in [0.25, 0.3) is 0 Å². The summed E-state index contributed by atoms with van der Waals surface area (Å²) in [4.78, 5) is 8.56. The lowest BCUT2D eigenvalue weighted by Crippen LogP contribution is -2.03. The summed E-state index contributed by atoms with van der Waals surface area (Å²) < 4.78 is 7.63. The van der Waals surface area contributed by atoms with Gasteiger partial charge >= 0.3 is 0 Å². The van der Waals surface area contributed by atoms with E-state index in [1.54, 1.807) is 12.4 Å². The third kappa shape index (κ3) is 2.05. The fraction of sp³-hybridized carbons (Fsp3) is 0.143. The topological polar surface area (TPSA) is 39.9 Å². The van der Waals surface area contributed by atoms with Crippen LogP contribution in [0, 0.1) is 0 Å². The molecule has 0 unspecified atom stereocenters. The average Bonchev–Trinajstić information content (AvgIpc) is 2.82. The van der Waals surface area contributed by atoms with Crippen molar-refractivity contribution in [3.8, 4) is 5.75 Å². The van der Waals surface area contributed by atoms with Crippen molar-refractivity contribution >= 4 is 10.9 Å². The van der Waals surface area contributed by atoms with Gasteiger partial charge in [-0.15, -0.1) is 0 Å². The molecule has 0 fully saturated rings. The highest BCUT2D eigenvalue weighted by atomic mass is 16.5. The van der Waals surface area contributed by atoms with E-state index in [1.807, 2.05) is 48.1 Å². The average molecular weight is 239 g/mol. The molecule has 3 rings (SSSR count). The van der Waals surface area contributed by atoms with Gasteiger partial charge in [0.1, 0.15) is 18.2 Å². The lowest BCUT2D eigenvalue weighted by atomic mass is 10.2. The second-order valence-corrected chi connectivity index (χ2v) is 4.11. The second-order valence-electron chi connectivity index (χ2n) is 4.11. The van der Waals surface area contributed by atoms with Crippen LogP contribution in [0.4, 0.5) is 0 Å². The van der Waals surface area contributed by atoms with E-state index in [-0.39, 0.29) is 0 Å². The molecule has 3 aromatic rings. The zero-order valence-electron chi connectivity index (χ0n) is 10.1. The number of imidazole rings is 1. The van der Waals surface area contributed by atoms with Gasteiger partial charge in [0.05, 0.1) is 11.7 Å². The first-order valence-corrected chi connectivity index (χ1v) is 5.77. The van der Waals surface area contributed by atoms with Crippen LogP contribution in [0.25, 0.3) is 10.9 Å². The first kappa shape index (κ1) is 10.8. The molecule has 90 valence electrons. The van der Waals surface area contributed by atoms with Crippen molar-refractivity contribution < 1.29 is 4.74 Å². The first-order valence-electron chi connectivity index (χ1n) is 5.77. The number of aromatic nitrogens is 3. The van der Waals surface area contributed by atoms with Gasteiger partial charge in [-0.25, -0.2) is 4.98 Å². The maximum atomic E-state index is 5.69. The Morgan fingerprint density at radius 1 is 1.22 bits per heavy atom. The van der Waals surface area contributed by atoms with Gasteiger partial charge in [-0.2, -0.15) is 0 Å². The van der Waals surface area contributed by atoms with Crippen LogP contribution in [0.15, 0.2) is 48.9 Å². The number of rotatable bonds is 3. The van der Waals surface area contributed by atoms with Gasteiger partial charge in [0.15, 0.2) is 0 Å². The number of ether oxygens (including phenoxy) is 1. The molecular weight excluding hydrogens is 226 g/mol. The van der Waals surface area contributed by atoms with Crippen molar-refractivity contribution in [2.45, 2.75) is 6.61 Å². The summed E-state index contributed by atoms with van der Waals surface area (Å²) in [6.07, 6.45) is 5.40. The minimum absolute atomic E-state index is 0.448. The number of para-hydroxylation sites is 1. The molecular formula is C14H13N3O. The zero-order chi connectivity index (χ0) is 12.4. The van der Waals surface area contributed by atoms with E-state index in [2.05, 4.69) is 9.97 Å². The van der Waals surface area contributed by atoms with Gasteiger partial charge < -0.3 is 9.30 Å². The van der Waals surface area contributed by atoms with Crippen LogP contribution >= 0.6 is 0 Å². The molecule has 1 aromatic carbocycles. The number of aryl methyl sites for hydroxylation is 1. The summed E-state index contributed by atoms with van der Waals surface area (Å²) in [7, 11) is 1.95. The van der Waals surface area contributed by atoms with E-state index in [9.17, 15) is 0 Å². The van der Waals surface area contributed by atoms with Crippen LogP contribution in [0.5, 0.6) is 5.75 Å². The molecule has 0 radical (unpaired) electrons. The highest BCUT2D eigenvalue weighted by molar-refractivity contribution is 5.79. The van der Waals surface area contributed by atoms with Gasteiger partial charge in [-0.3, -0.25) is 4.98 Å². The molecule has 0 aliphatic rings. The van der Waals surface area contributed by atoms with Crippen molar-refractivity contribution in [3.05, 3.63) is 54.7 Å². The summed E-state index contributed by atoms with van der Waals surface area (Å²) in [5, 5.41) is 1.08. The normalized spacial score (nSPS) is 10.7. The molecule has 2 aromatic heterocycles. The predicted molar refractivity (Wildman–Crippen MR) is 69.3 cm³/mol. The maximum absolute atomic E-state index is 5.69. The quantitative estimate of drug-likeness (QED) is 0.705. The van der Waals surface area contributed by atoms with Gasteiger partial charge in [-0.05, 0) is 12.1 Å². The Morgan fingerprint density at radius 3 is 2.94 bits per heavy atom. The lowest BCUT2D eigenvalue weighted by Gasteiger charge is -2.06. The van der Waals surface area contributed by atoms with Crippen LogP contribution in [0.3, 0.4) is 0 Å². The zero-order valence-corrected chi connectivity index (χ0v) is 10.1. The van der Waals surface area contributed by atoms with Crippen LogP contribution < -0.4 is 4.74 Å². The monoisotopic (exact) mass is 239 g/mol. The smallest absolute Gasteiger partial charge is 0.146 e. The van der Waals surface area contributed by atoms with Gasteiger partial charge in [0, 0.05) is 24.8 Å². The van der Waals surface area contributed by atoms with E-state index in [4.69, 9.17) is 4.74 Å². The Balaban J connectivity index is 1.81. The summed E-state index contributed by atoms with van der Waals surface area (Å²) in [6, 6.07) is 9.97. The number of fused-ring (bicyclic) bond motifs is 1. The summed E-state index contributed by atoms with van der Waals surface area (Å²) in [6.45, 7) is 0.448. The van der Waals surface area contributed by atoms with E-state index in [0.29, 0.717) is 6.61 Å². The van der Waals surface area contributed by atoms with E-state index in [1.165, 1.54) is 0 Å². The molecule has 18 heavy (non-hydrogen) atoms. The summed E-state index contributed by atoms with van der Waals surface area (Å²) in [5.41, 5.74) is 0.974. The Morgan fingerprint density at radius 2 is 2.11 bits per heavy atom. The summed E-state index contributed by atoms with van der Waals surface area (Å²) >= 11 is 0. The standard InChI is InChI=1S/C14H13N3O/c1-17-7-6-15-14(17)10-18-12-8-11-4-2-3-5-13(11)16-9-12/h2-9H,10H2,1H3. The Hall–Kier alpha value is -2.36. The van der Waals surface area contributed by atoms with Crippen molar-refractivity contribution in [2.75, 3.05) is 0 Å². The van der Waals surface area contributed by atoms with Crippen LogP contribution in [0.1, 0.15) is 5.82 Å². The summed E-state index contributed by atoms with van der Waals surface area (Å²) in [5.74, 6) is 1.65. The molecule has 0 amide bonds. The fourth-order valence-electron chi connectivity index (χ4n) is 1.81. The van der Waals surface area contributed by atoms with E-state index in [0.717, 1.165) is 22.5 Å². The second kappa shape index (κ2) is 4.49. The maximum Gasteiger partial charge on any atom is 0.146 e. The minimum Gasteiger partial charge on any atom is -0.484 e. The molecule has 0 bridgehead atoms. The van der Waals surface area contributed by atoms with Crippen molar-refractivity contribution in [1.82, 2.24) is 14.5 Å². The number of pyridine rings is 1. The first-order chi connectivity index (χ1) is 8.83. The molecule has 4 heteroatoms. The number of benzene rings is 1. The van der Waals surface area contributed by atoms with Crippen LogP contribution in [-0.2, 0) is 13.7 Å². The Bertz CT molecular complexity index is 675. The highest BCUT2D eigenvalue weighted by Gasteiger charge is 2.02. The minimum atomic E-state index is 0.448. The molecule has 0 saturated heterocycles. The number of hydrogen-bond donors (Lipinski definition) is 0. The Kier molecular flexibility index (Phi) is 2.68. The van der Waals surface area contributed by atoms with E-state index < -0.39 is 0 Å². The molecule has 4 nitrogen and oxygen atoms in total. The molecule has 0 spiro atoms. The van der Waals surface area contributed by atoms with Crippen molar-refractivity contribution in [3.63, 3.8) is 0 Å². The molecule has 0 aliphatic carbocycles. The third-order valence-electron chi connectivity index (χ3n) is 2.85. The molecule has 0 atom stereocenters.